The molecule has 0 heterocycles. The van der Waals surface area contributed by atoms with Crippen LogP contribution in [0.3, 0.4) is 0 Å². The molecule has 0 radical (unpaired) electrons. The van der Waals surface area contributed by atoms with Gasteiger partial charge in [-0.1, -0.05) is 13.8 Å². The van der Waals surface area contributed by atoms with Crippen LogP contribution < -0.4 is 10.1 Å². The Bertz CT molecular complexity index is 326. The van der Waals surface area contributed by atoms with E-state index in [1.165, 1.54) is 12.1 Å². The zero-order valence-corrected chi connectivity index (χ0v) is 10.2. The molecule has 0 saturated carbocycles. The van der Waals surface area contributed by atoms with Crippen molar-refractivity contribution in [1.29, 1.82) is 0 Å². The number of hydrogen-bond acceptors (Lipinski definition) is 2. The van der Waals surface area contributed by atoms with Crippen LogP contribution in [-0.2, 0) is 0 Å². The molecule has 0 spiro atoms. The minimum atomic E-state index is -0.266. The van der Waals surface area contributed by atoms with Crippen molar-refractivity contribution in [3.05, 3.63) is 24.0 Å². The molecule has 0 aliphatic heterocycles. The molecule has 3 heteroatoms. The number of halogens is 1. The fraction of sp³-hybridized carbons (Fsp3) is 0.538. The highest BCUT2D eigenvalue weighted by Crippen LogP contribution is 2.25. The Hall–Kier alpha value is -1.25. The molecule has 0 aliphatic carbocycles. The molecule has 1 N–H and O–H groups in total. The van der Waals surface area contributed by atoms with E-state index in [2.05, 4.69) is 19.2 Å². The average Bonchev–Trinajstić information content (AvgIpc) is 2.21. The molecule has 0 bridgehead atoms. The van der Waals surface area contributed by atoms with Crippen LogP contribution in [0, 0.1) is 11.7 Å². The first-order valence-corrected chi connectivity index (χ1v) is 5.79. The quantitative estimate of drug-likeness (QED) is 0.797. The van der Waals surface area contributed by atoms with Crippen molar-refractivity contribution in [1.82, 2.24) is 0 Å². The first-order valence-electron chi connectivity index (χ1n) is 5.79. The largest absolute Gasteiger partial charge is 0.492 e. The van der Waals surface area contributed by atoms with Gasteiger partial charge in [-0.25, -0.2) is 4.39 Å². The third-order valence-electron chi connectivity index (χ3n) is 2.28. The van der Waals surface area contributed by atoms with Crippen LogP contribution in [0.25, 0.3) is 0 Å². The lowest BCUT2D eigenvalue weighted by Gasteiger charge is -2.13. The monoisotopic (exact) mass is 225 g/mol. The summed E-state index contributed by atoms with van der Waals surface area (Å²) in [5.41, 5.74) is 0.865. The van der Waals surface area contributed by atoms with Gasteiger partial charge in [-0.05, 0) is 31.4 Å². The van der Waals surface area contributed by atoms with E-state index in [1.807, 2.05) is 6.92 Å². The fourth-order valence-electron chi connectivity index (χ4n) is 1.41. The zero-order chi connectivity index (χ0) is 12.0. The minimum Gasteiger partial charge on any atom is -0.492 e. The van der Waals surface area contributed by atoms with Crippen LogP contribution in [0.4, 0.5) is 10.1 Å². The standard InChI is InChI=1S/C13H20FNO/c1-4-16-13-9-11(14)5-6-12(13)15-8-7-10(2)3/h5-6,9-10,15H,4,7-8H2,1-3H3. The maximum atomic E-state index is 13.0. The zero-order valence-electron chi connectivity index (χ0n) is 10.2. The lowest BCUT2D eigenvalue weighted by molar-refractivity contribution is 0.339. The molecule has 0 atom stereocenters. The molecule has 0 amide bonds. The maximum Gasteiger partial charge on any atom is 0.145 e. The Morgan fingerprint density at radius 2 is 2.12 bits per heavy atom. The average molecular weight is 225 g/mol. The predicted molar refractivity (Wildman–Crippen MR) is 65.5 cm³/mol. The molecule has 1 aromatic rings. The van der Waals surface area contributed by atoms with E-state index in [0.29, 0.717) is 18.3 Å². The van der Waals surface area contributed by atoms with Gasteiger partial charge in [0.25, 0.3) is 0 Å². The summed E-state index contributed by atoms with van der Waals surface area (Å²) in [7, 11) is 0. The Morgan fingerprint density at radius 1 is 1.38 bits per heavy atom. The van der Waals surface area contributed by atoms with Crippen LogP contribution in [0.1, 0.15) is 27.2 Å². The van der Waals surface area contributed by atoms with Crippen molar-refractivity contribution in [2.45, 2.75) is 27.2 Å². The van der Waals surface area contributed by atoms with Gasteiger partial charge in [0.05, 0.1) is 12.3 Å². The normalized spacial score (nSPS) is 10.6. The molecule has 90 valence electrons. The van der Waals surface area contributed by atoms with Crippen LogP contribution in [-0.4, -0.2) is 13.2 Å². The summed E-state index contributed by atoms with van der Waals surface area (Å²) in [6, 6.07) is 4.59. The summed E-state index contributed by atoms with van der Waals surface area (Å²) in [4.78, 5) is 0. The van der Waals surface area contributed by atoms with Crippen LogP contribution in [0.2, 0.25) is 0 Å². The van der Waals surface area contributed by atoms with E-state index in [1.54, 1.807) is 6.07 Å². The van der Waals surface area contributed by atoms with Gasteiger partial charge in [-0.3, -0.25) is 0 Å². The van der Waals surface area contributed by atoms with Gasteiger partial charge in [0.2, 0.25) is 0 Å². The first-order chi connectivity index (χ1) is 7.63. The second kappa shape index (κ2) is 6.36. The Labute approximate surface area is 96.8 Å². The molecule has 0 fully saturated rings. The second-order valence-electron chi connectivity index (χ2n) is 4.18. The molecule has 0 unspecified atom stereocenters. The van der Waals surface area contributed by atoms with E-state index in [0.717, 1.165) is 18.7 Å². The molecule has 0 saturated heterocycles. The lowest BCUT2D eigenvalue weighted by atomic mass is 10.1. The topological polar surface area (TPSA) is 21.3 Å². The SMILES string of the molecule is CCOc1cc(F)ccc1NCCC(C)C. The van der Waals surface area contributed by atoms with Crippen molar-refractivity contribution < 1.29 is 9.13 Å². The summed E-state index contributed by atoms with van der Waals surface area (Å²) in [6.45, 7) is 7.67. The van der Waals surface area contributed by atoms with Gasteiger partial charge < -0.3 is 10.1 Å². The van der Waals surface area contributed by atoms with E-state index in [-0.39, 0.29) is 5.82 Å². The van der Waals surface area contributed by atoms with Crippen molar-refractivity contribution in [2.24, 2.45) is 5.92 Å². The lowest BCUT2D eigenvalue weighted by Crippen LogP contribution is -2.06. The van der Waals surface area contributed by atoms with Gasteiger partial charge in [0.1, 0.15) is 11.6 Å². The highest BCUT2D eigenvalue weighted by molar-refractivity contribution is 5.56. The van der Waals surface area contributed by atoms with Crippen molar-refractivity contribution in [3.8, 4) is 5.75 Å². The number of hydrogen-bond donors (Lipinski definition) is 1. The Kier molecular flexibility index (Phi) is 5.09. The summed E-state index contributed by atoms with van der Waals surface area (Å²) >= 11 is 0. The van der Waals surface area contributed by atoms with Crippen LogP contribution in [0.5, 0.6) is 5.75 Å². The highest BCUT2D eigenvalue weighted by Gasteiger charge is 2.04. The number of ether oxygens (including phenoxy) is 1. The third-order valence-corrected chi connectivity index (χ3v) is 2.28. The number of nitrogens with one attached hydrogen (secondary N) is 1. The van der Waals surface area contributed by atoms with E-state index in [4.69, 9.17) is 4.74 Å². The number of benzene rings is 1. The van der Waals surface area contributed by atoms with Crippen LogP contribution >= 0.6 is 0 Å². The number of rotatable bonds is 6. The van der Waals surface area contributed by atoms with E-state index >= 15 is 0 Å². The first kappa shape index (κ1) is 12.8. The van der Waals surface area contributed by atoms with Gasteiger partial charge in [-0.15, -0.1) is 0 Å². The summed E-state index contributed by atoms with van der Waals surface area (Å²) in [5.74, 6) is 0.979. The molecular weight excluding hydrogens is 205 g/mol. The number of anilines is 1. The summed E-state index contributed by atoms with van der Waals surface area (Å²) < 4.78 is 18.4. The smallest absolute Gasteiger partial charge is 0.145 e. The highest BCUT2D eigenvalue weighted by atomic mass is 19.1. The Morgan fingerprint density at radius 3 is 2.75 bits per heavy atom. The second-order valence-corrected chi connectivity index (χ2v) is 4.18. The third kappa shape index (κ3) is 4.09. The van der Waals surface area contributed by atoms with E-state index in [9.17, 15) is 4.39 Å². The summed E-state index contributed by atoms with van der Waals surface area (Å²) in [5, 5.41) is 3.26. The molecular formula is C13H20FNO. The summed E-state index contributed by atoms with van der Waals surface area (Å²) in [6.07, 6.45) is 1.09. The molecule has 16 heavy (non-hydrogen) atoms. The van der Waals surface area contributed by atoms with Crippen molar-refractivity contribution in [2.75, 3.05) is 18.5 Å². The minimum absolute atomic E-state index is 0.266. The van der Waals surface area contributed by atoms with Gasteiger partial charge in [-0.2, -0.15) is 0 Å². The fourth-order valence-corrected chi connectivity index (χ4v) is 1.41. The predicted octanol–water partition coefficient (Wildman–Crippen LogP) is 3.68. The molecule has 1 rings (SSSR count). The van der Waals surface area contributed by atoms with Crippen molar-refractivity contribution >= 4 is 5.69 Å². The molecule has 2 nitrogen and oxygen atoms in total. The molecule has 0 aromatic heterocycles. The van der Waals surface area contributed by atoms with Gasteiger partial charge in [0.15, 0.2) is 0 Å². The Balaban J connectivity index is 2.63. The molecule has 1 aromatic carbocycles. The van der Waals surface area contributed by atoms with E-state index < -0.39 is 0 Å². The van der Waals surface area contributed by atoms with Gasteiger partial charge in [0, 0.05) is 12.6 Å². The molecule has 0 aliphatic rings. The van der Waals surface area contributed by atoms with Gasteiger partial charge >= 0.3 is 0 Å². The van der Waals surface area contributed by atoms with Crippen LogP contribution in [0.15, 0.2) is 18.2 Å². The maximum absolute atomic E-state index is 13.0. The van der Waals surface area contributed by atoms with Crippen molar-refractivity contribution in [3.63, 3.8) is 0 Å².